The van der Waals surface area contributed by atoms with Gasteiger partial charge in [0.1, 0.15) is 0 Å². The van der Waals surface area contributed by atoms with Crippen molar-refractivity contribution >= 4 is 11.6 Å². The first-order valence-electron chi connectivity index (χ1n) is 7.93. The van der Waals surface area contributed by atoms with E-state index in [9.17, 15) is 0 Å². The molecule has 0 aromatic heterocycles. The second-order valence-electron chi connectivity index (χ2n) is 8.48. The summed E-state index contributed by atoms with van der Waals surface area (Å²) < 4.78 is 0. The molecule has 0 fully saturated rings. The molecule has 0 amide bonds. The van der Waals surface area contributed by atoms with Crippen LogP contribution in [0.2, 0.25) is 0 Å². The Morgan fingerprint density at radius 3 is 2.29 bits per heavy atom. The number of hydrogen-bond acceptors (Lipinski definition) is 0. The molecule has 1 aromatic rings. The van der Waals surface area contributed by atoms with Gasteiger partial charge >= 0.3 is 0 Å². The lowest BCUT2D eigenvalue weighted by Crippen LogP contribution is -2.26. The van der Waals surface area contributed by atoms with E-state index in [-0.39, 0.29) is 10.8 Å². The monoisotopic (exact) mass is 278 g/mol. The Hall–Kier alpha value is -1.56. The van der Waals surface area contributed by atoms with Gasteiger partial charge in [-0.3, -0.25) is 0 Å². The Bertz CT molecular complexity index is 756. The highest BCUT2D eigenvalue weighted by atomic mass is 14.3. The van der Waals surface area contributed by atoms with Crippen LogP contribution in [0.1, 0.15) is 47.1 Å². The maximum Gasteiger partial charge on any atom is 0.000768 e. The fraction of sp³-hybridized carbons (Fsp3) is 0.429. The summed E-state index contributed by atoms with van der Waals surface area (Å²) >= 11 is 0. The van der Waals surface area contributed by atoms with Gasteiger partial charge in [-0.25, -0.2) is 0 Å². The molecule has 1 atom stereocenters. The van der Waals surface area contributed by atoms with E-state index in [1.54, 1.807) is 0 Å². The molecule has 0 heteroatoms. The Labute approximate surface area is 128 Å². The summed E-state index contributed by atoms with van der Waals surface area (Å²) in [4.78, 5) is 0. The molecule has 0 spiro atoms. The van der Waals surface area contributed by atoms with Crippen molar-refractivity contribution in [2.45, 2.75) is 47.0 Å². The predicted octanol–water partition coefficient (Wildman–Crippen LogP) is 4.09. The summed E-state index contributed by atoms with van der Waals surface area (Å²) in [5.74, 6) is 0.517. The standard InChI is InChI=1S/C21H26/c1-20(2,3)16-7-9-18-14(12-16)11-15-13-17(21(4,5)6)8-10-19(15)18/h7-13,16H,1-6H3. The van der Waals surface area contributed by atoms with Gasteiger partial charge in [0.15, 0.2) is 0 Å². The molecule has 1 aromatic carbocycles. The van der Waals surface area contributed by atoms with Gasteiger partial charge < -0.3 is 0 Å². The molecule has 1 unspecified atom stereocenters. The van der Waals surface area contributed by atoms with E-state index in [4.69, 9.17) is 0 Å². The van der Waals surface area contributed by atoms with Crippen LogP contribution >= 0.6 is 0 Å². The van der Waals surface area contributed by atoms with Gasteiger partial charge in [-0.1, -0.05) is 78.0 Å². The summed E-state index contributed by atoms with van der Waals surface area (Å²) in [7, 11) is 0. The first-order chi connectivity index (χ1) is 9.66. The van der Waals surface area contributed by atoms with E-state index in [2.05, 4.69) is 84.0 Å². The molecule has 0 nitrogen and oxygen atoms in total. The number of allylic oxidation sites excluding steroid dienone is 4. The van der Waals surface area contributed by atoms with E-state index >= 15 is 0 Å². The third-order valence-electron chi connectivity index (χ3n) is 4.66. The second-order valence-corrected chi connectivity index (χ2v) is 8.48. The zero-order chi connectivity index (χ0) is 15.4. The highest BCUT2D eigenvalue weighted by molar-refractivity contribution is 5.88. The topological polar surface area (TPSA) is 0 Å². The van der Waals surface area contributed by atoms with Crippen molar-refractivity contribution in [3.05, 3.63) is 58.0 Å². The van der Waals surface area contributed by atoms with Gasteiger partial charge in [0.2, 0.25) is 0 Å². The molecular formula is C21H26. The van der Waals surface area contributed by atoms with Gasteiger partial charge in [-0.05, 0) is 44.1 Å². The normalized spacial score (nSPS) is 20.8. The molecule has 0 radical (unpaired) electrons. The van der Waals surface area contributed by atoms with Crippen LogP contribution in [0.3, 0.4) is 0 Å². The van der Waals surface area contributed by atoms with Crippen LogP contribution in [-0.2, 0) is 5.41 Å². The highest BCUT2D eigenvalue weighted by Gasteiger charge is 2.25. The lowest BCUT2D eigenvalue weighted by Gasteiger charge is -2.28. The van der Waals surface area contributed by atoms with Gasteiger partial charge in [-0.2, -0.15) is 0 Å². The molecule has 3 rings (SSSR count). The first kappa shape index (κ1) is 14.4. The average molecular weight is 278 g/mol. The molecule has 0 heterocycles. The minimum atomic E-state index is 0.208. The van der Waals surface area contributed by atoms with Crippen LogP contribution in [0.15, 0.2) is 42.0 Å². The number of rotatable bonds is 0. The van der Waals surface area contributed by atoms with Crippen molar-refractivity contribution in [3.63, 3.8) is 0 Å². The van der Waals surface area contributed by atoms with E-state index in [0.717, 1.165) is 0 Å². The van der Waals surface area contributed by atoms with Crippen LogP contribution in [0.4, 0.5) is 0 Å². The SMILES string of the molecule is CC(C)(C)c1ccc2c(c1)=CC1=CC(C(C)(C)C)C=CC=21. The second kappa shape index (κ2) is 4.47. The maximum absolute atomic E-state index is 2.44. The molecule has 0 bridgehead atoms. The van der Waals surface area contributed by atoms with Gasteiger partial charge in [-0.15, -0.1) is 0 Å². The van der Waals surface area contributed by atoms with Gasteiger partial charge in [0.25, 0.3) is 0 Å². The minimum Gasteiger partial charge on any atom is -0.0764 e. The Morgan fingerprint density at radius 1 is 0.952 bits per heavy atom. The number of hydrogen-bond donors (Lipinski definition) is 0. The molecule has 21 heavy (non-hydrogen) atoms. The van der Waals surface area contributed by atoms with E-state index in [1.807, 2.05) is 0 Å². The number of benzene rings is 1. The molecule has 0 N–H and O–H groups in total. The molecule has 110 valence electrons. The van der Waals surface area contributed by atoms with Crippen LogP contribution in [0.25, 0.3) is 11.6 Å². The van der Waals surface area contributed by atoms with Gasteiger partial charge in [0, 0.05) is 5.92 Å². The lowest BCUT2D eigenvalue weighted by atomic mass is 9.77. The third-order valence-corrected chi connectivity index (χ3v) is 4.66. The minimum absolute atomic E-state index is 0.208. The Morgan fingerprint density at radius 2 is 1.67 bits per heavy atom. The molecule has 0 saturated carbocycles. The fourth-order valence-electron chi connectivity index (χ4n) is 3.11. The molecule has 0 aliphatic heterocycles. The van der Waals surface area contributed by atoms with Crippen molar-refractivity contribution in [2.24, 2.45) is 11.3 Å². The van der Waals surface area contributed by atoms with Crippen molar-refractivity contribution in [1.29, 1.82) is 0 Å². The van der Waals surface area contributed by atoms with Crippen LogP contribution in [0, 0.1) is 11.3 Å². The molecule has 2 aliphatic carbocycles. The van der Waals surface area contributed by atoms with Crippen molar-refractivity contribution in [1.82, 2.24) is 0 Å². The number of fused-ring (bicyclic) bond motifs is 2. The van der Waals surface area contributed by atoms with Gasteiger partial charge in [0.05, 0.1) is 0 Å². The summed E-state index contributed by atoms with van der Waals surface area (Å²) in [5, 5.41) is 2.76. The van der Waals surface area contributed by atoms with E-state index in [0.29, 0.717) is 5.92 Å². The Kier molecular flexibility index (Phi) is 3.06. The third kappa shape index (κ3) is 2.52. The zero-order valence-electron chi connectivity index (χ0n) is 14.1. The smallest absolute Gasteiger partial charge is 0.000768 e. The first-order valence-corrected chi connectivity index (χ1v) is 7.93. The van der Waals surface area contributed by atoms with Crippen molar-refractivity contribution in [3.8, 4) is 0 Å². The zero-order valence-corrected chi connectivity index (χ0v) is 14.1. The van der Waals surface area contributed by atoms with E-state index in [1.165, 1.54) is 27.1 Å². The summed E-state index contributed by atoms with van der Waals surface area (Å²) in [6.45, 7) is 13.8. The molecular weight excluding hydrogens is 252 g/mol. The maximum atomic E-state index is 2.44. The quantitative estimate of drug-likeness (QED) is 0.670. The largest absolute Gasteiger partial charge is 0.0764 e. The predicted molar refractivity (Wildman–Crippen MR) is 92.4 cm³/mol. The van der Waals surface area contributed by atoms with Crippen molar-refractivity contribution in [2.75, 3.05) is 0 Å². The lowest BCUT2D eigenvalue weighted by molar-refractivity contribution is 0.342. The van der Waals surface area contributed by atoms with Crippen LogP contribution in [-0.4, -0.2) is 0 Å². The summed E-state index contributed by atoms with van der Waals surface area (Å²) in [6.07, 6.45) is 9.48. The fourth-order valence-corrected chi connectivity index (χ4v) is 3.11. The summed E-state index contributed by atoms with van der Waals surface area (Å²) in [5.41, 5.74) is 4.70. The Balaban J connectivity index is 2.14. The highest BCUT2D eigenvalue weighted by Crippen LogP contribution is 2.35. The van der Waals surface area contributed by atoms with Crippen LogP contribution in [0.5, 0.6) is 0 Å². The van der Waals surface area contributed by atoms with E-state index < -0.39 is 0 Å². The van der Waals surface area contributed by atoms with Crippen LogP contribution < -0.4 is 10.4 Å². The summed E-state index contributed by atoms with van der Waals surface area (Å²) in [6, 6.07) is 6.94. The molecule has 2 aliphatic rings. The van der Waals surface area contributed by atoms with Crippen molar-refractivity contribution < 1.29 is 0 Å². The average Bonchev–Trinajstić information content (AvgIpc) is 2.73. The molecule has 0 saturated heterocycles.